The standard InChI is InChI=1S/C36H28Cl3OP2.Re/c37-34-27-16-28-35(36(34)38)42(39,32-23-12-4-13-24-32,33-25-14-5-15-26-33)40-41(29-17-6-1-7-18-29,30-19-8-2-9-20-30)31-21-10-3-11-22-31;/h1-28H;/q+1;. The average Bonchev–Trinajstić information content (AvgIpc) is 3.07. The van der Waals surface area contributed by atoms with Gasteiger partial charge in [-0.05, 0) is 0 Å². The Morgan fingerprint density at radius 3 is 1.16 bits per heavy atom. The average molecular weight is 831 g/mol. The van der Waals surface area contributed by atoms with Crippen LogP contribution in [0.5, 0.6) is 0 Å². The molecule has 0 amide bonds. The predicted molar refractivity (Wildman–Crippen MR) is 187 cm³/mol. The molecule has 215 valence electrons. The summed E-state index contributed by atoms with van der Waals surface area (Å²) in [6, 6.07) is 57.0. The Morgan fingerprint density at radius 1 is 0.442 bits per heavy atom. The van der Waals surface area contributed by atoms with E-state index < -0.39 is 13.7 Å². The maximum atomic E-state index is 8.58. The van der Waals surface area contributed by atoms with Crippen molar-refractivity contribution in [3.05, 3.63) is 180 Å². The van der Waals surface area contributed by atoms with Gasteiger partial charge >= 0.3 is 264 Å². The van der Waals surface area contributed by atoms with Crippen LogP contribution in [0.3, 0.4) is 0 Å². The molecular formula is C36H28Cl3OP2Re+. The number of hydrogen-bond donors (Lipinski definition) is 0. The van der Waals surface area contributed by atoms with Crippen molar-refractivity contribution >= 4 is 79.9 Å². The van der Waals surface area contributed by atoms with Gasteiger partial charge in [-0.25, -0.2) is 0 Å². The van der Waals surface area contributed by atoms with Gasteiger partial charge < -0.3 is 0 Å². The Balaban J connectivity index is 0.00000368. The molecule has 0 N–H and O–H groups in total. The summed E-state index contributed by atoms with van der Waals surface area (Å²) in [5, 5.41) is 6.28. The maximum absolute atomic E-state index is 8.58. The Hall–Kier alpha value is -2.33. The molecule has 0 saturated carbocycles. The fourth-order valence-corrected chi connectivity index (χ4v) is 18.2. The third-order valence-electron chi connectivity index (χ3n) is 7.43. The molecule has 0 aliphatic heterocycles. The quantitative estimate of drug-likeness (QED) is 0.140. The summed E-state index contributed by atoms with van der Waals surface area (Å²) in [4.78, 5) is 0. The second-order valence-electron chi connectivity index (χ2n) is 9.87. The zero-order chi connectivity index (χ0) is 29.1. The van der Waals surface area contributed by atoms with Gasteiger partial charge in [-0.15, -0.1) is 0 Å². The molecule has 6 rings (SSSR count). The molecule has 0 bridgehead atoms. The summed E-state index contributed by atoms with van der Waals surface area (Å²) in [7, 11) is -2.95. The summed E-state index contributed by atoms with van der Waals surface area (Å²) in [5.41, 5.74) is 0. The summed E-state index contributed by atoms with van der Waals surface area (Å²) in [6.07, 6.45) is -4.42. The van der Waals surface area contributed by atoms with E-state index in [4.69, 9.17) is 38.8 Å². The Kier molecular flexibility index (Phi) is 9.96. The minimum absolute atomic E-state index is 0. The third-order valence-corrected chi connectivity index (χ3v) is 19.6. The molecule has 7 heteroatoms. The largest absolute Gasteiger partial charge is 0 e. The summed E-state index contributed by atoms with van der Waals surface area (Å²) < 4.78 is 8.13. The number of rotatable bonds is 8. The molecule has 0 spiro atoms. The van der Waals surface area contributed by atoms with Crippen molar-refractivity contribution in [3.63, 3.8) is 0 Å². The molecular weight excluding hydrogens is 803 g/mol. The second kappa shape index (κ2) is 13.3. The van der Waals surface area contributed by atoms with E-state index in [0.717, 1.165) is 26.5 Å². The monoisotopic (exact) mass is 830 g/mol. The van der Waals surface area contributed by atoms with Crippen molar-refractivity contribution in [2.45, 2.75) is 0 Å². The second-order valence-corrected chi connectivity index (χ2v) is 19.4. The van der Waals surface area contributed by atoms with E-state index in [1.807, 2.05) is 91.0 Å². The molecule has 0 heterocycles. The molecule has 0 aliphatic rings. The van der Waals surface area contributed by atoms with Crippen LogP contribution in [0.25, 0.3) is 0 Å². The van der Waals surface area contributed by atoms with Crippen LogP contribution in [0.1, 0.15) is 0 Å². The molecule has 6 aromatic rings. The van der Waals surface area contributed by atoms with Crippen molar-refractivity contribution in [3.8, 4) is 0 Å². The van der Waals surface area contributed by atoms with Crippen molar-refractivity contribution in [1.82, 2.24) is 0 Å². The van der Waals surface area contributed by atoms with E-state index in [-0.39, 0.29) is 20.4 Å². The van der Waals surface area contributed by atoms with Gasteiger partial charge in [0.25, 0.3) is 0 Å². The van der Waals surface area contributed by atoms with Gasteiger partial charge in [-0.2, -0.15) is 0 Å². The van der Waals surface area contributed by atoms with Crippen LogP contribution in [0.2, 0.25) is 10.0 Å². The normalized spacial score (nSPS) is 12.5. The number of halogens is 3. The zero-order valence-electron chi connectivity index (χ0n) is 23.0. The zero-order valence-corrected chi connectivity index (χ0v) is 29.8. The number of hydrogen-bond acceptors (Lipinski definition) is 1. The van der Waals surface area contributed by atoms with Gasteiger partial charge in [0.1, 0.15) is 0 Å². The Labute approximate surface area is 282 Å². The first-order valence-corrected chi connectivity index (χ1v) is 19.1. The minimum atomic E-state index is -4.42. The SMILES string of the molecule is Clc1cccc(P(Cl)(O[P+](c2ccccc2)(c2ccccc2)c2ccccc2)(c2ccccc2)c2ccccc2)c1Cl.[Re]. The molecule has 0 saturated heterocycles. The summed E-state index contributed by atoms with van der Waals surface area (Å²) in [5.74, 6) is 0. The Morgan fingerprint density at radius 2 is 0.791 bits per heavy atom. The molecule has 0 aromatic heterocycles. The summed E-state index contributed by atoms with van der Waals surface area (Å²) in [6.45, 7) is 0. The third kappa shape index (κ3) is 5.56. The van der Waals surface area contributed by atoms with E-state index in [1.54, 1.807) is 6.07 Å². The molecule has 1 nitrogen and oxygen atoms in total. The van der Waals surface area contributed by atoms with Crippen LogP contribution in [0.4, 0.5) is 0 Å². The molecule has 1 radical (unpaired) electrons. The van der Waals surface area contributed by atoms with Crippen LogP contribution in [0.15, 0.2) is 170 Å². The molecule has 0 fully saturated rings. The Bertz CT molecular complexity index is 1660. The summed E-state index contributed by atoms with van der Waals surface area (Å²) >= 11 is 22.5. The topological polar surface area (TPSA) is 9.23 Å². The van der Waals surface area contributed by atoms with Gasteiger partial charge in [0, 0.05) is 20.4 Å². The van der Waals surface area contributed by atoms with Crippen molar-refractivity contribution in [2.75, 3.05) is 0 Å². The first-order valence-electron chi connectivity index (χ1n) is 13.6. The first kappa shape index (κ1) is 32.1. The fourth-order valence-electron chi connectivity index (χ4n) is 5.49. The van der Waals surface area contributed by atoms with Crippen LogP contribution < -0.4 is 31.8 Å². The number of benzene rings is 6. The van der Waals surface area contributed by atoms with E-state index in [0.29, 0.717) is 15.3 Å². The van der Waals surface area contributed by atoms with Gasteiger partial charge in [-0.3, -0.25) is 0 Å². The molecule has 0 aliphatic carbocycles. The molecule has 6 aromatic carbocycles. The van der Waals surface area contributed by atoms with Crippen LogP contribution in [-0.4, -0.2) is 0 Å². The smallest absolute Gasteiger partial charge is 0 e. The van der Waals surface area contributed by atoms with Gasteiger partial charge in [-0.1, -0.05) is 0 Å². The molecule has 0 atom stereocenters. The maximum Gasteiger partial charge on any atom is 0 e. The van der Waals surface area contributed by atoms with E-state index in [1.165, 1.54) is 0 Å². The van der Waals surface area contributed by atoms with Crippen LogP contribution in [0, 0.1) is 0 Å². The van der Waals surface area contributed by atoms with Gasteiger partial charge in [0.2, 0.25) is 0 Å². The van der Waals surface area contributed by atoms with E-state index in [9.17, 15) is 0 Å². The molecule has 0 unspecified atom stereocenters. The minimum Gasteiger partial charge on any atom is 0 e. The first-order chi connectivity index (χ1) is 20.5. The van der Waals surface area contributed by atoms with Gasteiger partial charge in [0.15, 0.2) is 0 Å². The molecule has 43 heavy (non-hydrogen) atoms. The van der Waals surface area contributed by atoms with Crippen molar-refractivity contribution in [2.24, 2.45) is 0 Å². The predicted octanol–water partition coefficient (Wildman–Crippen LogP) is 8.82. The van der Waals surface area contributed by atoms with Crippen LogP contribution >= 0.6 is 48.1 Å². The van der Waals surface area contributed by atoms with E-state index >= 15 is 0 Å². The van der Waals surface area contributed by atoms with Crippen molar-refractivity contribution < 1.29 is 24.7 Å². The van der Waals surface area contributed by atoms with Crippen LogP contribution in [-0.2, 0) is 24.7 Å². The fraction of sp³-hybridized carbons (Fsp3) is 0. The van der Waals surface area contributed by atoms with Crippen molar-refractivity contribution in [1.29, 1.82) is 0 Å². The van der Waals surface area contributed by atoms with E-state index in [2.05, 4.69) is 72.8 Å². The van der Waals surface area contributed by atoms with Gasteiger partial charge in [0.05, 0.1) is 0 Å².